The summed E-state index contributed by atoms with van der Waals surface area (Å²) in [4.78, 5) is 26.4. The molecular formula is C20H25NO3S2. The van der Waals surface area contributed by atoms with Crippen molar-refractivity contribution < 1.29 is 14.3 Å². The van der Waals surface area contributed by atoms with Crippen LogP contribution in [-0.4, -0.2) is 34.2 Å². The summed E-state index contributed by atoms with van der Waals surface area (Å²) in [5.74, 6) is -0.297. The van der Waals surface area contributed by atoms with Crippen LogP contribution in [0.2, 0.25) is 0 Å². The van der Waals surface area contributed by atoms with Crippen LogP contribution in [0.5, 0.6) is 0 Å². The maximum absolute atomic E-state index is 12.6. The molecule has 0 N–H and O–H groups in total. The van der Waals surface area contributed by atoms with Crippen LogP contribution < -0.4 is 0 Å². The van der Waals surface area contributed by atoms with E-state index in [2.05, 4.69) is 26.0 Å². The van der Waals surface area contributed by atoms with Crippen LogP contribution in [0.3, 0.4) is 0 Å². The molecule has 1 aromatic rings. The molecule has 1 fully saturated rings. The number of amides is 1. The Bertz CT molecular complexity index is 683. The number of hydrogen-bond acceptors (Lipinski definition) is 5. The Hall–Kier alpha value is -1.66. The van der Waals surface area contributed by atoms with Crippen molar-refractivity contribution in [2.45, 2.75) is 46.0 Å². The van der Waals surface area contributed by atoms with E-state index in [1.165, 1.54) is 17.3 Å². The third-order valence-corrected chi connectivity index (χ3v) is 5.46. The van der Waals surface area contributed by atoms with Gasteiger partial charge in [0.1, 0.15) is 4.32 Å². The minimum absolute atomic E-state index is 0.0843. The maximum atomic E-state index is 12.6. The first-order chi connectivity index (χ1) is 12.5. The SMILES string of the molecule is CCCCOC(=O)CCCN1C(=O)C(=Cc2ccc(CC)cc2)SC1=S. The first kappa shape index (κ1) is 20.6. The number of esters is 1. The van der Waals surface area contributed by atoms with Gasteiger partial charge >= 0.3 is 5.97 Å². The van der Waals surface area contributed by atoms with E-state index in [0.29, 0.717) is 35.2 Å². The molecule has 0 saturated carbocycles. The molecule has 1 amide bonds. The predicted molar refractivity (Wildman–Crippen MR) is 111 cm³/mol. The Morgan fingerprint density at radius 1 is 1.23 bits per heavy atom. The molecule has 1 aliphatic heterocycles. The molecule has 0 aromatic heterocycles. The molecule has 6 heteroatoms. The number of ether oxygens (including phenoxy) is 1. The third-order valence-electron chi connectivity index (χ3n) is 4.08. The molecule has 0 atom stereocenters. The monoisotopic (exact) mass is 391 g/mol. The van der Waals surface area contributed by atoms with Gasteiger partial charge in [-0.1, -0.05) is 68.5 Å². The Balaban J connectivity index is 1.87. The molecule has 1 aromatic carbocycles. The van der Waals surface area contributed by atoms with E-state index in [-0.39, 0.29) is 11.9 Å². The molecule has 26 heavy (non-hydrogen) atoms. The van der Waals surface area contributed by atoms with Crippen molar-refractivity contribution >= 4 is 46.3 Å². The molecule has 2 rings (SSSR count). The number of thioether (sulfide) groups is 1. The second-order valence-corrected chi connectivity index (χ2v) is 7.78. The van der Waals surface area contributed by atoms with Crippen LogP contribution in [0.1, 0.15) is 50.7 Å². The number of carbonyl (C=O) groups is 2. The molecule has 1 heterocycles. The molecule has 1 aliphatic rings. The summed E-state index contributed by atoms with van der Waals surface area (Å²) in [5.41, 5.74) is 2.25. The van der Waals surface area contributed by atoms with Crippen molar-refractivity contribution in [3.63, 3.8) is 0 Å². The molecule has 0 bridgehead atoms. The van der Waals surface area contributed by atoms with Gasteiger partial charge in [-0.3, -0.25) is 14.5 Å². The highest BCUT2D eigenvalue weighted by Gasteiger charge is 2.31. The second-order valence-electron chi connectivity index (χ2n) is 6.11. The van der Waals surface area contributed by atoms with E-state index in [4.69, 9.17) is 17.0 Å². The summed E-state index contributed by atoms with van der Waals surface area (Å²) in [6.07, 6.45) is 5.59. The van der Waals surface area contributed by atoms with Crippen LogP contribution in [0.25, 0.3) is 6.08 Å². The topological polar surface area (TPSA) is 46.6 Å². The van der Waals surface area contributed by atoms with E-state index < -0.39 is 0 Å². The van der Waals surface area contributed by atoms with Gasteiger partial charge in [0.25, 0.3) is 5.91 Å². The zero-order valence-corrected chi connectivity index (χ0v) is 17.0. The fourth-order valence-corrected chi connectivity index (χ4v) is 3.79. The Morgan fingerprint density at radius 3 is 2.62 bits per heavy atom. The van der Waals surface area contributed by atoms with Crippen molar-refractivity contribution in [3.05, 3.63) is 40.3 Å². The molecular weight excluding hydrogens is 366 g/mol. The largest absolute Gasteiger partial charge is 0.466 e. The van der Waals surface area contributed by atoms with Crippen molar-refractivity contribution in [2.24, 2.45) is 0 Å². The molecule has 1 saturated heterocycles. The van der Waals surface area contributed by atoms with Gasteiger partial charge in [0.05, 0.1) is 11.5 Å². The van der Waals surface area contributed by atoms with Gasteiger partial charge in [0.15, 0.2) is 0 Å². The first-order valence-electron chi connectivity index (χ1n) is 9.05. The Kier molecular flexibility index (Phi) is 8.32. The van der Waals surface area contributed by atoms with Gasteiger partial charge in [-0.25, -0.2) is 0 Å². The number of rotatable bonds is 9. The van der Waals surface area contributed by atoms with Gasteiger partial charge in [0, 0.05) is 13.0 Å². The van der Waals surface area contributed by atoms with E-state index >= 15 is 0 Å². The maximum Gasteiger partial charge on any atom is 0.305 e. The van der Waals surface area contributed by atoms with Gasteiger partial charge in [-0.05, 0) is 36.5 Å². The highest BCUT2D eigenvalue weighted by atomic mass is 32.2. The van der Waals surface area contributed by atoms with Crippen LogP contribution in [0.15, 0.2) is 29.2 Å². The summed E-state index contributed by atoms with van der Waals surface area (Å²) < 4.78 is 5.67. The number of unbranched alkanes of at least 4 members (excludes halogenated alkanes) is 1. The normalized spacial score (nSPS) is 15.8. The lowest BCUT2D eigenvalue weighted by Gasteiger charge is -2.13. The van der Waals surface area contributed by atoms with Crippen LogP contribution in [0.4, 0.5) is 0 Å². The third kappa shape index (κ3) is 5.95. The van der Waals surface area contributed by atoms with Gasteiger partial charge in [0.2, 0.25) is 0 Å². The highest BCUT2D eigenvalue weighted by Crippen LogP contribution is 2.32. The van der Waals surface area contributed by atoms with Crippen LogP contribution in [-0.2, 0) is 20.7 Å². The van der Waals surface area contributed by atoms with Crippen molar-refractivity contribution in [2.75, 3.05) is 13.2 Å². The quantitative estimate of drug-likeness (QED) is 0.267. The van der Waals surface area contributed by atoms with E-state index in [1.807, 2.05) is 18.2 Å². The van der Waals surface area contributed by atoms with Crippen LogP contribution in [0, 0.1) is 0 Å². The Morgan fingerprint density at radius 2 is 1.96 bits per heavy atom. The fraction of sp³-hybridized carbons (Fsp3) is 0.450. The first-order valence-corrected chi connectivity index (χ1v) is 10.3. The summed E-state index contributed by atoms with van der Waals surface area (Å²) in [7, 11) is 0. The number of nitrogens with zero attached hydrogens (tertiary/aromatic N) is 1. The number of hydrogen-bond donors (Lipinski definition) is 0. The summed E-state index contributed by atoms with van der Waals surface area (Å²) in [6, 6.07) is 8.16. The predicted octanol–water partition coefficient (Wildman–Crippen LogP) is 4.57. The standard InChI is InChI=1S/C20H25NO3S2/c1-3-5-13-24-18(22)7-6-12-21-19(23)17(26-20(21)25)14-16-10-8-15(4-2)9-11-16/h8-11,14H,3-7,12-13H2,1-2H3. The number of benzene rings is 1. The zero-order chi connectivity index (χ0) is 18.9. The van der Waals surface area contributed by atoms with Crippen molar-refractivity contribution in [1.82, 2.24) is 4.90 Å². The number of carbonyl (C=O) groups excluding carboxylic acids is 2. The molecule has 0 spiro atoms. The molecule has 0 radical (unpaired) electrons. The van der Waals surface area contributed by atoms with Gasteiger partial charge in [-0.15, -0.1) is 0 Å². The highest BCUT2D eigenvalue weighted by molar-refractivity contribution is 8.26. The smallest absolute Gasteiger partial charge is 0.305 e. The van der Waals surface area contributed by atoms with Gasteiger partial charge in [-0.2, -0.15) is 0 Å². The van der Waals surface area contributed by atoms with Crippen molar-refractivity contribution in [1.29, 1.82) is 0 Å². The van der Waals surface area contributed by atoms with Crippen molar-refractivity contribution in [3.8, 4) is 0 Å². The van der Waals surface area contributed by atoms with Gasteiger partial charge < -0.3 is 4.74 Å². The minimum atomic E-state index is -0.213. The zero-order valence-electron chi connectivity index (χ0n) is 15.3. The average molecular weight is 392 g/mol. The van der Waals surface area contributed by atoms with E-state index in [1.54, 1.807) is 4.90 Å². The lowest BCUT2D eigenvalue weighted by molar-refractivity contribution is -0.144. The molecule has 0 aliphatic carbocycles. The number of thiocarbonyl (C=S) groups is 1. The fourth-order valence-electron chi connectivity index (χ4n) is 2.48. The van der Waals surface area contributed by atoms with E-state index in [9.17, 15) is 9.59 Å². The summed E-state index contributed by atoms with van der Waals surface area (Å²) >= 11 is 6.64. The second kappa shape index (κ2) is 10.5. The molecule has 4 nitrogen and oxygen atoms in total. The lowest BCUT2D eigenvalue weighted by Crippen LogP contribution is -2.29. The Labute approximate surface area is 165 Å². The molecule has 0 unspecified atom stereocenters. The summed E-state index contributed by atoms with van der Waals surface area (Å²) in [6.45, 7) is 5.07. The molecule has 140 valence electrons. The average Bonchev–Trinajstić information content (AvgIpc) is 2.90. The minimum Gasteiger partial charge on any atom is -0.466 e. The summed E-state index contributed by atoms with van der Waals surface area (Å²) in [5, 5.41) is 0. The van der Waals surface area contributed by atoms with E-state index in [0.717, 1.165) is 24.8 Å². The number of aryl methyl sites for hydroxylation is 1. The van der Waals surface area contributed by atoms with Crippen LogP contribution >= 0.6 is 24.0 Å². The lowest BCUT2D eigenvalue weighted by atomic mass is 10.1.